The van der Waals surface area contributed by atoms with Crippen LogP contribution in [0.5, 0.6) is 5.75 Å². The van der Waals surface area contributed by atoms with Crippen LogP contribution in [-0.4, -0.2) is 27.5 Å². The first-order valence-electron chi connectivity index (χ1n) is 7.02. The van der Waals surface area contributed by atoms with E-state index >= 15 is 0 Å². The Morgan fingerprint density at radius 3 is 2.76 bits per heavy atom. The second kappa shape index (κ2) is 5.31. The molecule has 1 saturated carbocycles. The second-order valence-electron chi connectivity index (χ2n) is 5.62. The van der Waals surface area contributed by atoms with Gasteiger partial charge in [-0.15, -0.1) is 0 Å². The fourth-order valence-electron chi connectivity index (χ4n) is 2.51. The van der Waals surface area contributed by atoms with E-state index in [1.807, 2.05) is 0 Å². The first-order valence-corrected chi connectivity index (χ1v) is 8.57. The minimum Gasteiger partial charge on any atom is -0.493 e. The number of hydrogen-bond donors (Lipinski definition) is 2. The van der Waals surface area contributed by atoms with E-state index in [4.69, 9.17) is 9.88 Å². The predicted octanol–water partition coefficient (Wildman–Crippen LogP) is 0.726. The monoisotopic (exact) mass is 310 g/mol. The first kappa shape index (κ1) is 14.3. The van der Waals surface area contributed by atoms with Gasteiger partial charge in [0.25, 0.3) is 0 Å². The van der Waals surface area contributed by atoms with Crippen LogP contribution < -0.4 is 15.2 Å². The van der Waals surface area contributed by atoms with E-state index in [1.165, 1.54) is 25.0 Å². The summed E-state index contributed by atoms with van der Waals surface area (Å²) in [4.78, 5) is 12.3. The maximum atomic E-state index is 12.3. The summed E-state index contributed by atoms with van der Waals surface area (Å²) in [5.74, 6) is 0.705. The summed E-state index contributed by atoms with van der Waals surface area (Å²) < 4.78 is 28.4. The zero-order valence-electron chi connectivity index (χ0n) is 11.5. The highest BCUT2D eigenvalue weighted by molar-refractivity contribution is 7.89. The van der Waals surface area contributed by atoms with Gasteiger partial charge in [-0.05, 0) is 43.4 Å². The first-order chi connectivity index (χ1) is 9.95. The van der Waals surface area contributed by atoms with Crippen LogP contribution in [-0.2, 0) is 14.8 Å². The number of hydrogen-bond acceptors (Lipinski definition) is 4. The lowest BCUT2D eigenvalue weighted by Gasteiger charge is -2.25. The SMILES string of the molecule is NS(=O)(=O)c1ccc2c(c1)C(C(=O)NCC1CC1)CCO2. The molecule has 1 amide bonds. The molecule has 1 atom stereocenters. The topological polar surface area (TPSA) is 98.5 Å². The molecule has 21 heavy (non-hydrogen) atoms. The molecule has 1 aliphatic heterocycles. The third kappa shape index (κ3) is 3.19. The van der Waals surface area contributed by atoms with Gasteiger partial charge < -0.3 is 10.1 Å². The average Bonchev–Trinajstić information content (AvgIpc) is 3.26. The molecule has 1 aromatic rings. The van der Waals surface area contributed by atoms with Gasteiger partial charge in [0.15, 0.2) is 0 Å². The molecule has 6 nitrogen and oxygen atoms in total. The molecular formula is C14H18N2O4S. The molecule has 0 bridgehead atoms. The van der Waals surface area contributed by atoms with Gasteiger partial charge in [-0.25, -0.2) is 13.6 Å². The summed E-state index contributed by atoms with van der Waals surface area (Å²) in [5, 5.41) is 8.09. The van der Waals surface area contributed by atoms with E-state index in [2.05, 4.69) is 5.32 Å². The van der Waals surface area contributed by atoms with Crippen LogP contribution in [0.3, 0.4) is 0 Å². The van der Waals surface area contributed by atoms with Crippen LogP contribution in [0, 0.1) is 5.92 Å². The molecule has 3 N–H and O–H groups in total. The highest BCUT2D eigenvalue weighted by Crippen LogP contribution is 2.35. The molecule has 1 aromatic carbocycles. The van der Waals surface area contributed by atoms with Gasteiger partial charge >= 0.3 is 0 Å². The van der Waals surface area contributed by atoms with Crippen molar-refractivity contribution in [3.05, 3.63) is 23.8 Å². The molecule has 7 heteroatoms. The van der Waals surface area contributed by atoms with Crippen molar-refractivity contribution in [2.24, 2.45) is 11.1 Å². The Bertz CT molecular complexity index is 668. The van der Waals surface area contributed by atoms with Gasteiger partial charge in [-0.3, -0.25) is 4.79 Å². The third-order valence-electron chi connectivity index (χ3n) is 3.93. The molecule has 1 unspecified atom stereocenters. The molecule has 1 aliphatic carbocycles. The molecule has 0 spiro atoms. The fourth-order valence-corrected chi connectivity index (χ4v) is 3.06. The molecule has 2 aliphatic rings. The van der Waals surface area contributed by atoms with E-state index in [9.17, 15) is 13.2 Å². The zero-order valence-corrected chi connectivity index (χ0v) is 12.4. The van der Waals surface area contributed by atoms with Gasteiger partial charge in [0, 0.05) is 12.1 Å². The van der Waals surface area contributed by atoms with Crippen molar-refractivity contribution in [2.45, 2.75) is 30.1 Å². The van der Waals surface area contributed by atoms with Crippen molar-refractivity contribution in [1.29, 1.82) is 0 Å². The van der Waals surface area contributed by atoms with Gasteiger partial charge in [-0.1, -0.05) is 0 Å². The molecule has 0 aromatic heterocycles. The molecule has 1 fully saturated rings. The number of rotatable bonds is 4. The predicted molar refractivity (Wildman–Crippen MR) is 76.4 cm³/mol. The number of carbonyl (C=O) groups excluding carboxylic acids is 1. The minimum absolute atomic E-state index is 0.00624. The maximum Gasteiger partial charge on any atom is 0.238 e. The van der Waals surface area contributed by atoms with Crippen LogP contribution in [0.4, 0.5) is 0 Å². The number of nitrogens with one attached hydrogen (secondary N) is 1. The summed E-state index contributed by atoms with van der Waals surface area (Å²) in [6, 6.07) is 4.42. The molecule has 0 radical (unpaired) electrons. The van der Waals surface area contributed by atoms with Gasteiger partial charge in [0.1, 0.15) is 5.75 Å². The number of fused-ring (bicyclic) bond motifs is 1. The lowest BCUT2D eigenvalue weighted by molar-refractivity contribution is -0.123. The van der Waals surface area contributed by atoms with E-state index in [0.29, 0.717) is 36.8 Å². The Labute approximate surface area is 123 Å². The maximum absolute atomic E-state index is 12.3. The highest BCUT2D eigenvalue weighted by atomic mass is 32.2. The van der Waals surface area contributed by atoms with Gasteiger partial charge in [0.2, 0.25) is 15.9 Å². The summed E-state index contributed by atoms with van der Waals surface area (Å²) >= 11 is 0. The lowest BCUT2D eigenvalue weighted by atomic mass is 9.92. The van der Waals surface area contributed by atoms with E-state index in [0.717, 1.165) is 0 Å². The van der Waals surface area contributed by atoms with Crippen LogP contribution in [0.1, 0.15) is 30.7 Å². The van der Waals surface area contributed by atoms with E-state index in [1.54, 1.807) is 6.07 Å². The minimum atomic E-state index is -3.79. The largest absolute Gasteiger partial charge is 0.493 e. The summed E-state index contributed by atoms with van der Waals surface area (Å²) in [6.07, 6.45) is 2.87. The average molecular weight is 310 g/mol. The van der Waals surface area contributed by atoms with E-state index < -0.39 is 10.0 Å². The summed E-state index contributed by atoms with van der Waals surface area (Å²) in [5.41, 5.74) is 0.598. The van der Waals surface area contributed by atoms with Crippen molar-refractivity contribution in [2.75, 3.05) is 13.2 Å². The highest BCUT2D eigenvalue weighted by Gasteiger charge is 2.30. The Morgan fingerprint density at radius 2 is 2.10 bits per heavy atom. The standard InChI is InChI=1S/C14H18N2O4S/c15-21(18,19)10-3-4-13-12(7-10)11(5-6-20-13)14(17)16-8-9-1-2-9/h3-4,7,9,11H,1-2,5-6,8H2,(H,16,17)(H2,15,18,19). The molecule has 3 rings (SSSR count). The number of ether oxygens (including phenoxy) is 1. The fraction of sp³-hybridized carbons (Fsp3) is 0.500. The lowest BCUT2D eigenvalue weighted by Crippen LogP contribution is -2.33. The molecular weight excluding hydrogens is 292 g/mol. The van der Waals surface area contributed by atoms with E-state index in [-0.39, 0.29) is 16.7 Å². The van der Waals surface area contributed by atoms with Gasteiger partial charge in [-0.2, -0.15) is 0 Å². The second-order valence-corrected chi connectivity index (χ2v) is 7.18. The van der Waals surface area contributed by atoms with Crippen LogP contribution in [0.15, 0.2) is 23.1 Å². The Balaban J connectivity index is 1.86. The van der Waals surface area contributed by atoms with Crippen molar-refractivity contribution < 1.29 is 17.9 Å². The Morgan fingerprint density at radius 1 is 1.33 bits per heavy atom. The zero-order chi connectivity index (χ0) is 15.0. The van der Waals surface area contributed by atoms with Crippen LogP contribution >= 0.6 is 0 Å². The summed E-state index contributed by atoms with van der Waals surface area (Å²) in [7, 11) is -3.79. The van der Waals surface area contributed by atoms with Crippen LogP contribution in [0.25, 0.3) is 0 Å². The Hall–Kier alpha value is -1.60. The molecule has 114 valence electrons. The number of benzene rings is 1. The quantitative estimate of drug-likeness (QED) is 0.856. The van der Waals surface area contributed by atoms with Crippen molar-refractivity contribution in [3.63, 3.8) is 0 Å². The number of nitrogens with two attached hydrogens (primary N) is 1. The number of carbonyl (C=O) groups is 1. The third-order valence-corrected chi connectivity index (χ3v) is 4.84. The Kier molecular flexibility index (Phi) is 3.62. The number of primary sulfonamides is 1. The smallest absolute Gasteiger partial charge is 0.238 e. The van der Waals surface area contributed by atoms with Crippen molar-refractivity contribution >= 4 is 15.9 Å². The molecule has 1 heterocycles. The van der Waals surface area contributed by atoms with Crippen molar-refractivity contribution in [3.8, 4) is 5.75 Å². The molecule has 0 saturated heterocycles. The number of sulfonamides is 1. The van der Waals surface area contributed by atoms with Crippen molar-refractivity contribution in [1.82, 2.24) is 5.32 Å². The normalized spacial score (nSPS) is 21.3. The van der Waals surface area contributed by atoms with Gasteiger partial charge in [0.05, 0.1) is 17.4 Å². The summed E-state index contributed by atoms with van der Waals surface area (Å²) in [6.45, 7) is 1.14. The van der Waals surface area contributed by atoms with Crippen LogP contribution in [0.2, 0.25) is 0 Å². The number of amides is 1.